The third kappa shape index (κ3) is 3.52. The van der Waals surface area contributed by atoms with Crippen LogP contribution in [0.2, 0.25) is 0 Å². The van der Waals surface area contributed by atoms with Crippen molar-refractivity contribution in [1.82, 2.24) is 0 Å². The Morgan fingerprint density at radius 3 is 2.36 bits per heavy atom. The Morgan fingerprint density at radius 1 is 1.09 bits per heavy atom. The molecule has 0 saturated heterocycles. The van der Waals surface area contributed by atoms with Gasteiger partial charge in [-0.3, -0.25) is 0 Å². The van der Waals surface area contributed by atoms with E-state index in [9.17, 15) is 9.18 Å². The summed E-state index contributed by atoms with van der Waals surface area (Å²) in [5, 5.41) is 0. The fraction of sp³-hybridized carbons (Fsp3) is 0.167. The van der Waals surface area contributed by atoms with Gasteiger partial charge in [-0.1, -0.05) is 29.8 Å². The van der Waals surface area contributed by atoms with E-state index in [2.05, 4.69) is 0 Å². The van der Waals surface area contributed by atoms with Gasteiger partial charge in [-0.2, -0.15) is 0 Å². The highest BCUT2D eigenvalue weighted by atomic mass is 19.1. The molecule has 0 aliphatic rings. The van der Waals surface area contributed by atoms with Gasteiger partial charge >= 0.3 is 5.97 Å². The highest BCUT2D eigenvalue weighted by Crippen LogP contribution is 2.32. The van der Waals surface area contributed by atoms with Crippen LogP contribution in [0.3, 0.4) is 0 Å². The van der Waals surface area contributed by atoms with Crippen molar-refractivity contribution in [3.8, 4) is 5.75 Å². The maximum atomic E-state index is 13.6. The van der Waals surface area contributed by atoms with E-state index in [0.717, 1.165) is 11.1 Å². The number of hydrogen-bond acceptors (Lipinski definition) is 3. The third-order valence-corrected chi connectivity index (χ3v) is 3.28. The van der Waals surface area contributed by atoms with Crippen LogP contribution in [0.15, 0.2) is 48.5 Å². The SMILES string of the molecule is COC(=O)/C=C(/c1ccc(C)cc1)c1cc(F)ccc1OC. The van der Waals surface area contributed by atoms with Gasteiger partial charge in [0.1, 0.15) is 11.6 Å². The highest BCUT2D eigenvalue weighted by Gasteiger charge is 2.14. The number of rotatable bonds is 4. The molecule has 0 aromatic heterocycles. The second kappa shape index (κ2) is 6.89. The van der Waals surface area contributed by atoms with Gasteiger partial charge < -0.3 is 9.47 Å². The van der Waals surface area contributed by atoms with Crippen molar-refractivity contribution >= 4 is 11.5 Å². The largest absolute Gasteiger partial charge is 0.496 e. The lowest BCUT2D eigenvalue weighted by Crippen LogP contribution is -2.00. The van der Waals surface area contributed by atoms with E-state index in [1.807, 2.05) is 31.2 Å². The van der Waals surface area contributed by atoms with Gasteiger partial charge in [-0.15, -0.1) is 0 Å². The van der Waals surface area contributed by atoms with Crippen molar-refractivity contribution < 1.29 is 18.7 Å². The molecular weight excluding hydrogens is 283 g/mol. The Balaban J connectivity index is 2.64. The minimum Gasteiger partial charge on any atom is -0.496 e. The molecule has 4 heteroatoms. The average molecular weight is 300 g/mol. The summed E-state index contributed by atoms with van der Waals surface area (Å²) in [7, 11) is 2.80. The lowest BCUT2D eigenvalue weighted by Gasteiger charge is -2.13. The number of carbonyl (C=O) groups excluding carboxylic acids is 1. The minimum absolute atomic E-state index is 0.404. The Bertz CT molecular complexity index is 703. The van der Waals surface area contributed by atoms with Crippen molar-refractivity contribution in [2.24, 2.45) is 0 Å². The third-order valence-electron chi connectivity index (χ3n) is 3.28. The number of ether oxygens (including phenoxy) is 2. The van der Waals surface area contributed by atoms with E-state index in [-0.39, 0.29) is 0 Å². The molecule has 0 radical (unpaired) electrons. The molecule has 0 aliphatic heterocycles. The van der Waals surface area contributed by atoms with E-state index in [1.165, 1.54) is 38.5 Å². The summed E-state index contributed by atoms with van der Waals surface area (Å²) in [5.41, 5.74) is 2.91. The molecule has 0 aliphatic carbocycles. The number of hydrogen-bond donors (Lipinski definition) is 0. The quantitative estimate of drug-likeness (QED) is 0.637. The van der Waals surface area contributed by atoms with Crippen molar-refractivity contribution in [2.45, 2.75) is 6.92 Å². The number of esters is 1. The molecule has 0 fully saturated rings. The van der Waals surface area contributed by atoms with Crippen LogP contribution in [0.1, 0.15) is 16.7 Å². The standard InChI is InChI=1S/C18H17FO3/c1-12-4-6-13(7-5-12)15(11-18(20)22-3)16-10-14(19)8-9-17(16)21-2/h4-11H,1-3H3/b15-11-. The van der Waals surface area contributed by atoms with Crippen LogP contribution in [-0.4, -0.2) is 20.2 Å². The first kappa shape index (κ1) is 15.8. The van der Waals surface area contributed by atoms with Crippen LogP contribution < -0.4 is 4.74 Å². The van der Waals surface area contributed by atoms with Gasteiger partial charge in [0.2, 0.25) is 0 Å². The number of aryl methyl sites for hydroxylation is 1. The number of methoxy groups -OCH3 is 2. The van der Waals surface area contributed by atoms with Crippen LogP contribution in [0, 0.1) is 12.7 Å². The lowest BCUT2D eigenvalue weighted by atomic mass is 9.96. The molecule has 0 heterocycles. The molecule has 3 nitrogen and oxygen atoms in total. The van der Waals surface area contributed by atoms with Gasteiger partial charge in [-0.25, -0.2) is 9.18 Å². The van der Waals surface area contributed by atoms with Crippen LogP contribution in [-0.2, 0) is 9.53 Å². The molecular formula is C18H17FO3. The summed E-state index contributed by atoms with van der Waals surface area (Å²) in [5.74, 6) is -0.433. The molecule has 0 spiro atoms. The van der Waals surface area contributed by atoms with Crippen molar-refractivity contribution in [3.63, 3.8) is 0 Å². The van der Waals surface area contributed by atoms with E-state index >= 15 is 0 Å². The number of carbonyl (C=O) groups is 1. The zero-order valence-corrected chi connectivity index (χ0v) is 12.7. The molecule has 0 atom stereocenters. The molecule has 0 bridgehead atoms. The van der Waals surface area contributed by atoms with Gasteiger partial charge in [0.05, 0.1) is 14.2 Å². The topological polar surface area (TPSA) is 35.5 Å². The first-order valence-electron chi connectivity index (χ1n) is 6.75. The summed E-state index contributed by atoms with van der Waals surface area (Å²) >= 11 is 0. The first-order valence-corrected chi connectivity index (χ1v) is 6.75. The Hall–Kier alpha value is -2.62. The maximum absolute atomic E-state index is 13.6. The summed E-state index contributed by atoms with van der Waals surface area (Å²) in [4.78, 5) is 11.7. The molecule has 2 aromatic rings. The fourth-order valence-corrected chi connectivity index (χ4v) is 2.12. The van der Waals surface area contributed by atoms with Crippen molar-refractivity contribution in [2.75, 3.05) is 14.2 Å². The van der Waals surface area contributed by atoms with Crippen molar-refractivity contribution in [1.29, 1.82) is 0 Å². The highest BCUT2D eigenvalue weighted by molar-refractivity contribution is 5.97. The predicted octanol–water partition coefficient (Wildman–Crippen LogP) is 3.75. The molecule has 114 valence electrons. The van der Waals surface area contributed by atoms with E-state index in [4.69, 9.17) is 9.47 Å². The summed E-state index contributed by atoms with van der Waals surface area (Å²) in [6, 6.07) is 11.8. The molecule has 0 amide bonds. The molecule has 2 rings (SSSR count). The minimum atomic E-state index is -0.512. The number of benzene rings is 2. The average Bonchev–Trinajstić information content (AvgIpc) is 2.53. The molecule has 2 aromatic carbocycles. The van der Waals surface area contributed by atoms with Crippen LogP contribution >= 0.6 is 0 Å². The monoisotopic (exact) mass is 300 g/mol. The van der Waals surface area contributed by atoms with E-state index in [0.29, 0.717) is 16.9 Å². The fourth-order valence-electron chi connectivity index (χ4n) is 2.12. The van der Waals surface area contributed by atoms with Gasteiger partial charge in [-0.05, 0) is 36.3 Å². The summed E-state index contributed by atoms with van der Waals surface area (Å²) in [6.07, 6.45) is 1.34. The van der Waals surface area contributed by atoms with Crippen molar-refractivity contribution in [3.05, 3.63) is 71.0 Å². The summed E-state index contributed by atoms with van der Waals surface area (Å²) < 4.78 is 23.6. The Labute approximate surface area is 129 Å². The number of halogens is 1. The maximum Gasteiger partial charge on any atom is 0.331 e. The van der Waals surface area contributed by atoms with Crippen LogP contribution in [0.25, 0.3) is 5.57 Å². The predicted molar refractivity (Wildman–Crippen MR) is 83.2 cm³/mol. The smallest absolute Gasteiger partial charge is 0.331 e. The molecule has 0 N–H and O–H groups in total. The Kier molecular flexibility index (Phi) is 4.94. The van der Waals surface area contributed by atoms with Gasteiger partial charge in [0, 0.05) is 11.6 Å². The normalized spacial score (nSPS) is 11.2. The molecule has 0 unspecified atom stereocenters. The zero-order valence-electron chi connectivity index (χ0n) is 12.7. The second-order valence-electron chi connectivity index (χ2n) is 4.79. The first-order chi connectivity index (χ1) is 10.5. The molecule has 22 heavy (non-hydrogen) atoms. The Morgan fingerprint density at radius 2 is 1.77 bits per heavy atom. The zero-order chi connectivity index (χ0) is 16.1. The van der Waals surface area contributed by atoms with Gasteiger partial charge in [0.15, 0.2) is 0 Å². The lowest BCUT2D eigenvalue weighted by molar-refractivity contribution is -0.134. The second-order valence-corrected chi connectivity index (χ2v) is 4.79. The van der Waals surface area contributed by atoms with Crippen LogP contribution in [0.4, 0.5) is 4.39 Å². The summed E-state index contributed by atoms with van der Waals surface area (Å²) in [6.45, 7) is 1.97. The van der Waals surface area contributed by atoms with E-state index < -0.39 is 11.8 Å². The van der Waals surface area contributed by atoms with Crippen LogP contribution in [0.5, 0.6) is 5.75 Å². The molecule has 0 saturated carbocycles. The van der Waals surface area contributed by atoms with Gasteiger partial charge in [0.25, 0.3) is 0 Å². The van der Waals surface area contributed by atoms with E-state index in [1.54, 1.807) is 0 Å².